The average Bonchev–Trinajstić information content (AvgIpc) is 3.25. The third kappa shape index (κ3) is 6.23. The molecule has 5 rings (SSSR count). The Bertz CT molecular complexity index is 1520. The van der Waals surface area contributed by atoms with Crippen LogP contribution in [0.1, 0.15) is 36.0 Å². The number of carbonyl (C=O) groups is 1. The molecule has 1 unspecified atom stereocenters. The molecule has 3 aromatic rings. The maximum atomic E-state index is 14.9. The fourth-order valence-corrected chi connectivity index (χ4v) is 5.58. The molecule has 2 heterocycles. The minimum absolute atomic E-state index is 0.0370. The predicted molar refractivity (Wildman–Crippen MR) is 142 cm³/mol. The minimum Gasteiger partial charge on any atom is -0.494 e. The summed E-state index contributed by atoms with van der Waals surface area (Å²) < 4.78 is 60.8. The fourth-order valence-electron chi connectivity index (χ4n) is 4.66. The van der Waals surface area contributed by atoms with Crippen molar-refractivity contribution in [1.29, 1.82) is 0 Å². The van der Waals surface area contributed by atoms with Crippen molar-refractivity contribution < 1.29 is 41.7 Å². The van der Waals surface area contributed by atoms with E-state index in [4.69, 9.17) is 35.7 Å². The van der Waals surface area contributed by atoms with Crippen LogP contribution in [0.5, 0.6) is 23.0 Å². The molecule has 2 atom stereocenters. The van der Waals surface area contributed by atoms with Crippen LogP contribution >= 0.6 is 11.6 Å². The summed E-state index contributed by atoms with van der Waals surface area (Å²) >= 11 is 6.52. The predicted octanol–water partition coefficient (Wildman–Crippen LogP) is 5.42. The molecular weight excluding hydrogens is 551 g/mol. The van der Waals surface area contributed by atoms with E-state index >= 15 is 0 Å². The van der Waals surface area contributed by atoms with Gasteiger partial charge in [0.2, 0.25) is 0 Å². The van der Waals surface area contributed by atoms with Gasteiger partial charge in [-0.3, -0.25) is 4.79 Å². The molecule has 2 aliphatic heterocycles. The van der Waals surface area contributed by atoms with E-state index in [0.717, 1.165) is 5.56 Å². The van der Waals surface area contributed by atoms with E-state index in [1.54, 1.807) is 42.5 Å². The quantitative estimate of drug-likeness (QED) is 0.336. The van der Waals surface area contributed by atoms with Gasteiger partial charge >= 0.3 is 5.97 Å². The fraction of sp³-hybridized carbons (Fsp3) is 0.321. The Balaban J connectivity index is 1.32. The van der Waals surface area contributed by atoms with E-state index in [0.29, 0.717) is 51.1 Å². The van der Waals surface area contributed by atoms with Crippen molar-refractivity contribution in [3.63, 3.8) is 0 Å². The van der Waals surface area contributed by atoms with E-state index in [9.17, 15) is 17.6 Å². The summed E-state index contributed by atoms with van der Waals surface area (Å²) in [5, 5.41) is 9.54. The molecule has 0 fully saturated rings. The van der Waals surface area contributed by atoms with Crippen molar-refractivity contribution in [3.05, 3.63) is 70.5 Å². The number of ether oxygens (including phenoxy) is 4. The van der Waals surface area contributed by atoms with Crippen molar-refractivity contribution >= 4 is 27.4 Å². The summed E-state index contributed by atoms with van der Waals surface area (Å²) in [6, 6.07) is 13.1. The van der Waals surface area contributed by atoms with Gasteiger partial charge in [0.1, 0.15) is 33.8 Å². The van der Waals surface area contributed by atoms with Crippen LogP contribution in [0.2, 0.25) is 5.02 Å². The number of sulfone groups is 1. The van der Waals surface area contributed by atoms with E-state index in [2.05, 4.69) is 0 Å². The summed E-state index contributed by atoms with van der Waals surface area (Å²) in [5.74, 6) is 0.274. The second kappa shape index (κ2) is 10.9. The van der Waals surface area contributed by atoms with Crippen LogP contribution in [-0.4, -0.2) is 51.3 Å². The number of rotatable bonds is 9. The Labute approximate surface area is 230 Å². The topological polar surface area (TPSA) is 108 Å². The van der Waals surface area contributed by atoms with E-state index in [-0.39, 0.29) is 37.9 Å². The molecule has 1 N–H and O–H groups in total. The normalized spacial score (nSPS) is 17.8. The van der Waals surface area contributed by atoms with Gasteiger partial charge in [-0.1, -0.05) is 17.7 Å². The molecule has 0 radical (unpaired) electrons. The number of carboxylic acid groups (broad SMARTS) is 1. The lowest BCUT2D eigenvalue weighted by atomic mass is 9.97. The summed E-state index contributed by atoms with van der Waals surface area (Å²) in [6.45, 7) is 0.554. The number of carboxylic acids is 1. The molecule has 0 saturated carbocycles. The van der Waals surface area contributed by atoms with E-state index in [1.807, 2.05) is 0 Å². The third-order valence-electron chi connectivity index (χ3n) is 6.56. The molecule has 39 heavy (non-hydrogen) atoms. The zero-order valence-corrected chi connectivity index (χ0v) is 22.6. The minimum atomic E-state index is -3.05. The van der Waals surface area contributed by atoms with Gasteiger partial charge in [0.05, 0.1) is 30.4 Å². The lowest BCUT2D eigenvalue weighted by molar-refractivity contribution is -0.137. The maximum Gasteiger partial charge on any atom is 0.304 e. The van der Waals surface area contributed by atoms with Crippen LogP contribution in [0.4, 0.5) is 4.39 Å². The number of aliphatic carboxylic acids is 1. The zero-order valence-electron chi connectivity index (χ0n) is 21.0. The van der Waals surface area contributed by atoms with Crippen molar-refractivity contribution in [1.82, 2.24) is 0 Å². The van der Waals surface area contributed by atoms with Crippen molar-refractivity contribution in [2.45, 2.75) is 24.9 Å². The Hall–Kier alpha value is -3.50. The highest BCUT2D eigenvalue weighted by atomic mass is 35.5. The summed E-state index contributed by atoms with van der Waals surface area (Å²) in [7, 11) is -3.05. The molecule has 3 aromatic carbocycles. The van der Waals surface area contributed by atoms with Crippen molar-refractivity contribution in [2.24, 2.45) is 0 Å². The number of halogens is 2. The van der Waals surface area contributed by atoms with Crippen LogP contribution < -0.4 is 18.9 Å². The first-order valence-electron chi connectivity index (χ1n) is 12.3. The number of hydrogen-bond acceptors (Lipinski definition) is 7. The highest BCUT2D eigenvalue weighted by Crippen LogP contribution is 2.46. The van der Waals surface area contributed by atoms with Gasteiger partial charge in [-0.05, 0) is 48.4 Å². The monoisotopic (exact) mass is 576 g/mol. The number of benzene rings is 3. The molecule has 2 aliphatic rings. The third-order valence-corrected chi connectivity index (χ3v) is 7.90. The van der Waals surface area contributed by atoms with E-state index < -0.39 is 27.7 Å². The molecule has 0 spiro atoms. The molecular formula is C28H26ClFO8S. The molecule has 11 heteroatoms. The number of hydrogen-bond donors (Lipinski definition) is 1. The van der Waals surface area contributed by atoms with Crippen LogP contribution in [-0.2, 0) is 14.6 Å². The maximum absolute atomic E-state index is 14.9. The average molecular weight is 577 g/mol. The first kappa shape index (κ1) is 27.1. The van der Waals surface area contributed by atoms with Gasteiger partial charge in [-0.25, -0.2) is 12.8 Å². The van der Waals surface area contributed by atoms with Gasteiger partial charge < -0.3 is 24.1 Å². The Morgan fingerprint density at radius 1 is 1.05 bits per heavy atom. The molecule has 0 saturated heterocycles. The van der Waals surface area contributed by atoms with Crippen LogP contribution in [0.15, 0.2) is 48.5 Å². The van der Waals surface area contributed by atoms with Gasteiger partial charge in [0, 0.05) is 34.9 Å². The first-order chi connectivity index (χ1) is 18.6. The van der Waals surface area contributed by atoms with E-state index in [1.165, 1.54) is 12.3 Å². The molecule has 0 bridgehead atoms. The Morgan fingerprint density at radius 3 is 2.59 bits per heavy atom. The molecule has 8 nitrogen and oxygen atoms in total. The molecule has 0 aliphatic carbocycles. The van der Waals surface area contributed by atoms with Gasteiger partial charge in [0.15, 0.2) is 17.6 Å². The zero-order chi connectivity index (χ0) is 27.7. The largest absolute Gasteiger partial charge is 0.494 e. The smallest absolute Gasteiger partial charge is 0.304 e. The van der Waals surface area contributed by atoms with Crippen molar-refractivity contribution in [2.75, 3.05) is 31.8 Å². The summed E-state index contributed by atoms with van der Waals surface area (Å²) in [4.78, 5) is 11.2. The second-order valence-corrected chi connectivity index (χ2v) is 12.2. The van der Waals surface area contributed by atoms with Crippen LogP contribution in [0.3, 0.4) is 0 Å². The number of fused-ring (bicyclic) bond motifs is 2. The van der Waals surface area contributed by atoms with Gasteiger partial charge in [0.25, 0.3) is 0 Å². The lowest BCUT2D eigenvalue weighted by Crippen LogP contribution is -2.22. The molecule has 206 valence electrons. The first-order valence-corrected chi connectivity index (χ1v) is 14.7. The van der Waals surface area contributed by atoms with Gasteiger partial charge in [-0.2, -0.15) is 0 Å². The SMILES string of the molecule is CS(=O)(=O)CCCOc1ccc(-c2ccc(F)c(C3COc4cc5c(cc4O3)OC[C@H]5CC(=O)O)c2)c(Cl)c1. The molecule has 0 aromatic heterocycles. The van der Waals surface area contributed by atoms with Crippen LogP contribution in [0, 0.1) is 5.82 Å². The summed E-state index contributed by atoms with van der Waals surface area (Å²) in [5.41, 5.74) is 2.38. The molecule has 0 amide bonds. The Kier molecular flexibility index (Phi) is 7.59. The lowest BCUT2D eigenvalue weighted by Gasteiger charge is -2.28. The van der Waals surface area contributed by atoms with Gasteiger partial charge in [-0.15, -0.1) is 0 Å². The Morgan fingerprint density at radius 2 is 1.85 bits per heavy atom. The summed E-state index contributed by atoms with van der Waals surface area (Å²) in [6.07, 6.45) is 0.761. The highest BCUT2D eigenvalue weighted by Gasteiger charge is 2.32. The van der Waals surface area contributed by atoms with Crippen LogP contribution in [0.25, 0.3) is 11.1 Å². The van der Waals surface area contributed by atoms with Crippen molar-refractivity contribution in [3.8, 4) is 34.1 Å². The highest BCUT2D eigenvalue weighted by molar-refractivity contribution is 7.90. The standard InChI is InChI=1S/C28H26ClFO8S/c1-39(33,34)8-2-7-35-18-4-5-19(22(29)11-18)16-3-6-23(30)21(9-16)27-15-37-25-12-20-17(10-28(31)32)14-36-24(20)13-26(25)38-27/h3-6,9,11-13,17,27H,2,7-8,10,14-15H2,1H3,(H,31,32)/t17-,27?/m1/s1. The second-order valence-electron chi connectivity index (χ2n) is 9.57.